The number of aryl methyl sites for hydroxylation is 1. The highest BCUT2D eigenvalue weighted by molar-refractivity contribution is 7.69. The van der Waals surface area contributed by atoms with Crippen molar-refractivity contribution >= 4 is 20.7 Å². The average molecular weight is 238 g/mol. The SMILES string of the molecule is CC.Cc1ccc(-c2cc(=O)ss2)cc1. The number of rotatable bonds is 1. The Kier molecular flexibility index (Phi) is 4.72. The van der Waals surface area contributed by atoms with Crippen LogP contribution in [0.3, 0.4) is 0 Å². The van der Waals surface area contributed by atoms with Crippen LogP contribution >= 0.6 is 20.7 Å². The third-order valence-electron chi connectivity index (χ3n) is 1.80. The van der Waals surface area contributed by atoms with Crippen LogP contribution in [0.15, 0.2) is 35.1 Å². The highest BCUT2D eigenvalue weighted by Gasteiger charge is 2.00. The van der Waals surface area contributed by atoms with Crippen LogP contribution in [0.4, 0.5) is 0 Å². The maximum absolute atomic E-state index is 11.0. The number of hydrogen-bond acceptors (Lipinski definition) is 3. The van der Waals surface area contributed by atoms with E-state index in [0.717, 1.165) is 10.4 Å². The zero-order chi connectivity index (χ0) is 11.3. The lowest BCUT2D eigenvalue weighted by molar-refractivity contribution is 1.48. The average Bonchev–Trinajstić information content (AvgIpc) is 2.69. The Morgan fingerprint density at radius 3 is 2.07 bits per heavy atom. The summed E-state index contributed by atoms with van der Waals surface area (Å²) in [7, 11) is 2.83. The summed E-state index contributed by atoms with van der Waals surface area (Å²) in [5, 5.41) is 0. The molecule has 0 saturated heterocycles. The maximum atomic E-state index is 11.0. The highest BCUT2D eigenvalue weighted by atomic mass is 32.9. The van der Waals surface area contributed by atoms with Gasteiger partial charge >= 0.3 is 0 Å². The van der Waals surface area contributed by atoms with E-state index in [2.05, 4.69) is 19.1 Å². The molecule has 1 heterocycles. The van der Waals surface area contributed by atoms with Crippen molar-refractivity contribution in [3.05, 3.63) is 45.4 Å². The minimum absolute atomic E-state index is 0.139. The number of hydrogen-bond donors (Lipinski definition) is 0. The fourth-order valence-electron chi connectivity index (χ4n) is 1.09. The van der Waals surface area contributed by atoms with Gasteiger partial charge in [-0.2, -0.15) is 0 Å². The molecule has 0 aliphatic rings. The van der Waals surface area contributed by atoms with Crippen molar-refractivity contribution < 1.29 is 0 Å². The molecule has 2 rings (SSSR count). The van der Waals surface area contributed by atoms with Crippen molar-refractivity contribution in [3.8, 4) is 10.4 Å². The summed E-state index contributed by atoms with van der Waals surface area (Å²) in [5.41, 5.74) is 2.38. The molecule has 80 valence electrons. The zero-order valence-electron chi connectivity index (χ0n) is 9.11. The van der Waals surface area contributed by atoms with E-state index < -0.39 is 0 Å². The predicted molar refractivity (Wildman–Crippen MR) is 70.0 cm³/mol. The van der Waals surface area contributed by atoms with Gasteiger partial charge in [0.1, 0.15) is 0 Å². The van der Waals surface area contributed by atoms with Gasteiger partial charge in [-0.05, 0) is 22.8 Å². The van der Waals surface area contributed by atoms with Gasteiger partial charge < -0.3 is 0 Å². The molecule has 0 spiro atoms. The Hall–Kier alpha value is -0.930. The minimum Gasteiger partial charge on any atom is -0.277 e. The molecule has 0 aliphatic carbocycles. The standard InChI is InChI=1S/C10H8OS2.C2H6/c1-7-2-4-8(5-3-7)9-6-10(11)13-12-9;1-2/h2-6H,1H3;1-2H3. The molecule has 1 aromatic heterocycles. The van der Waals surface area contributed by atoms with Crippen molar-refractivity contribution in [1.29, 1.82) is 0 Å². The summed E-state index contributed by atoms with van der Waals surface area (Å²) in [6, 6.07) is 9.91. The summed E-state index contributed by atoms with van der Waals surface area (Å²) in [6.45, 7) is 6.06. The second kappa shape index (κ2) is 5.83. The monoisotopic (exact) mass is 238 g/mol. The Morgan fingerprint density at radius 1 is 1.00 bits per heavy atom. The van der Waals surface area contributed by atoms with Crippen molar-refractivity contribution in [2.45, 2.75) is 20.8 Å². The van der Waals surface area contributed by atoms with Crippen LogP contribution < -0.4 is 4.74 Å². The maximum Gasteiger partial charge on any atom is 0.243 e. The first kappa shape index (κ1) is 12.1. The molecule has 0 bridgehead atoms. The lowest BCUT2D eigenvalue weighted by Gasteiger charge is -1.95. The van der Waals surface area contributed by atoms with Gasteiger partial charge in [0.25, 0.3) is 0 Å². The molecule has 1 nitrogen and oxygen atoms in total. The van der Waals surface area contributed by atoms with Gasteiger partial charge in [0.2, 0.25) is 4.74 Å². The first-order valence-electron chi connectivity index (χ1n) is 4.93. The van der Waals surface area contributed by atoms with Crippen molar-refractivity contribution in [3.63, 3.8) is 0 Å². The molecule has 2 aromatic rings. The molecular weight excluding hydrogens is 224 g/mol. The van der Waals surface area contributed by atoms with E-state index in [1.807, 2.05) is 26.0 Å². The van der Waals surface area contributed by atoms with Crippen LogP contribution in [-0.2, 0) is 0 Å². The van der Waals surface area contributed by atoms with Crippen molar-refractivity contribution in [2.75, 3.05) is 0 Å². The van der Waals surface area contributed by atoms with Crippen LogP contribution in [0.2, 0.25) is 0 Å². The molecule has 3 heteroatoms. The Morgan fingerprint density at radius 2 is 1.60 bits per heavy atom. The Balaban J connectivity index is 0.000000531. The lowest BCUT2D eigenvalue weighted by atomic mass is 10.1. The minimum atomic E-state index is 0.139. The summed E-state index contributed by atoms with van der Waals surface area (Å²) in [6.07, 6.45) is 0. The van der Waals surface area contributed by atoms with E-state index in [4.69, 9.17) is 0 Å². The van der Waals surface area contributed by atoms with E-state index in [-0.39, 0.29) is 4.74 Å². The van der Waals surface area contributed by atoms with Crippen LogP contribution in [0.1, 0.15) is 19.4 Å². The Bertz CT molecular complexity index is 451. The molecule has 0 unspecified atom stereocenters. The molecular formula is C12H14OS2. The van der Waals surface area contributed by atoms with Crippen molar-refractivity contribution in [1.82, 2.24) is 0 Å². The Labute approximate surface area is 97.4 Å². The molecule has 0 aliphatic heterocycles. The molecule has 15 heavy (non-hydrogen) atoms. The van der Waals surface area contributed by atoms with Gasteiger partial charge in [0.05, 0.1) is 0 Å². The van der Waals surface area contributed by atoms with Crippen molar-refractivity contribution in [2.24, 2.45) is 0 Å². The molecule has 0 radical (unpaired) electrons. The summed E-state index contributed by atoms with van der Waals surface area (Å²) < 4.78 is 0.139. The van der Waals surface area contributed by atoms with Crippen LogP contribution in [0, 0.1) is 6.92 Å². The molecule has 0 amide bonds. The van der Waals surface area contributed by atoms with Gasteiger partial charge in [-0.1, -0.05) is 54.0 Å². The highest BCUT2D eigenvalue weighted by Crippen LogP contribution is 2.24. The van der Waals surface area contributed by atoms with Gasteiger partial charge in [-0.15, -0.1) is 0 Å². The first-order chi connectivity index (χ1) is 7.25. The number of benzene rings is 1. The van der Waals surface area contributed by atoms with Crippen LogP contribution in [-0.4, -0.2) is 0 Å². The van der Waals surface area contributed by atoms with E-state index in [0.29, 0.717) is 0 Å². The zero-order valence-corrected chi connectivity index (χ0v) is 10.7. The largest absolute Gasteiger partial charge is 0.277 e. The van der Waals surface area contributed by atoms with Crippen LogP contribution in [0.25, 0.3) is 10.4 Å². The van der Waals surface area contributed by atoms with Gasteiger partial charge in [0.15, 0.2) is 0 Å². The second-order valence-corrected chi connectivity index (χ2v) is 5.04. The fraction of sp³-hybridized carbons (Fsp3) is 0.250. The van der Waals surface area contributed by atoms with Gasteiger partial charge in [-0.3, -0.25) is 4.79 Å². The topological polar surface area (TPSA) is 17.1 Å². The second-order valence-electron chi connectivity index (χ2n) is 2.86. The van der Waals surface area contributed by atoms with E-state index in [1.165, 1.54) is 26.2 Å². The predicted octanol–water partition coefficient (Wildman–Crippen LogP) is 4.17. The molecule has 0 atom stereocenters. The van der Waals surface area contributed by atoms with Crippen LogP contribution in [0.5, 0.6) is 0 Å². The lowest BCUT2D eigenvalue weighted by Crippen LogP contribution is -1.82. The van der Waals surface area contributed by atoms with E-state index in [9.17, 15) is 4.79 Å². The van der Waals surface area contributed by atoms with Gasteiger partial charge in [0, 0.05) is 10.9 Å². The quantitative estimate of drug-likeness (QED) is 0.681. The molecule has 0 fully saturated rings. The molecule has 1 aromatic carbocycles. The summed E-state index contributed by atoms with van der Waals surface area (Å²) in [5.74, 6) is 0. The smallest absolute Gasteiger partial charge is 0.243 e. The van der Waals surface area contributed by atoms with Gasteiger partial charge in [-0.25, -0.2) is 0 Å². The summed E-state index contributed by atoms with van der Waals surface area (Å²) in [4.78, 5) is 12.0. The van der Waals surface area contributed by atoms with E-state index in [1.54, 1.807) is 6.07 Å². The molecule has 0 saturated carbocycles. The molecule has 0 N–H and O–H groups in total. The fourth-order valence-corrected chi connectivity index (χ4v) is 2.98. The third-order valence-corrected chi connectivity index (χ3v) is 3.98. The summed E-state index contributed by atoms with van der Waals surface area (Å²) >= 11 is 0. The first-order valence-corrected chi connectivity index (χ1v) is 7.08. The van der Waals surface area contributed by atoms with E-state index >= 15 is 0 Å². The third kappa shape index (κ3) is 3.29. The normalized spacial score (nSPS) is 9.27.